The zero-order valence-corrected chi connectivity index (χ0v) is 9.85. The van der Waals surface area contributed by atoms with E-state index >= 15 is 0 Å². The van der Waals surface area contributed by atoms with Gasteiger partial charge in [-0.25, -0.2) is 9.37 Å². The molecule has 92 valence electrons. The maximum absolute atomic E-state index is 13.4. The molecule has 1 aromatic heterocycles. The molecule has 18 heavy (non-hydrogen) atoms. The summed E-state index contributed by atoms with van der Waals surface area (Å²) in [6.07, 6.45) is 1.25. The van der Waals surface area contributed by atoms with Gasteiger partial charge in [0.2, 0.25) is 0 Å². The average Bonchev–Trinajstić information content (AvgIpc) is 2.42. The highest BCUT2D eigenvalue weighted by molar-refractivity contribution is 5.78. The number of aromatic nitrogens is 1. The first-order valence-corrected chi connectivity index (χ1v) is 5.59. The maximum Gasteiger partial charge on any atom is 0.181 e. The van der Waals surface area contributed by atoms with Crippen LogP contribution >= 0.6 is 0 Å². The van der Waals surface area contributed by atoms with Crippen molar-refractivity contribution < 1.29 is 14.3 Å². The lowest BCUT2D eigenvalue weighted by molar-refractivity contribution is 0.111. The quantitative estimate of drug-likeness (QED) is 0.846. The van der Waals surface area contributed by atoms with E-state index in [0.717, 1.165) is 18.1 Å². The van der Waals surface area contributed by atoms with E-state index in [4.69, 9.17) is 0 Å². The summed E-state index contributed by atoms with van der Waals surface area (Å²) < 4.78 is 13.4. The van der Waals surface area contributed by atoms with Crippen molar-refractivity contribution in [2.24, 2.45) is 0 Å². The van der Waals surface area contributed by atoms with E-state index in [2.05, 4.69) is 4.98 Å². The topological polar surface area (TPSA) is 50.2 Å². The molecule has 0 aliphatic carbocycles. The number of aldehydes is 1. The predicted octanol–water partition coefficient (Wildman–Crippen LogP) is 2.97. The molecular formula is C14H12FNO2. The van der Waals surface area contributed by atoms with E-state index in [-0.39, 0.29) is 5.69 Å². The number of halogens is 1. The van der Waals surface area contributed by atoms with Gasteiger partial charge < -0.3 is 5.11 Å². The number of aryl methyl sites for hydroxylation is 1. The molecule has 2 aromatic rings. The lowest BCUT2D eigenvalue weighted by Crippen LogP contribution is -1.94. The van der Waals surface area contributed by atoms with Crippen molar-refractivity contribution in [3.05, 3.63) is 47.4 Å². The van der Waals surface area contributed by atoms with Gasteiger partial charge in [0.15, 0.2) is 17.9 Å². The van der Waals surface area contributed by atoms with E-state index in [9.17, 15) is 14.3 Å². The Morgan fingerprint density at radius 2 is 2.00 bits per heavy atom. The standard InChI is InChI=1S/C14H12FNO2/c1-2-9-3-5-10(6-4-9)12-7-11(15)14(18)13(8-17)16-12/h3-8,18H,2H2,1H3. The van der Waals surface area contributed by atoms with Gasteiger partial charge in [0.05, 0.1) is 5.69 Å². The summed E-state index contributed by atoms with van der Waals surface area (Å²) >= 11 is 0. The highest BCUT2D eigenvalue weighted by Gasteiger charge is 2.12. The number of benzene rings is 1. The molecule has 4 heteroatoms. The van der Waals surface area contributed by atoms with Crippen molar-refractivity contribution in [1.29, 1.82) is 0 Å². The third-order valence-electron chi connectivity index (χ3n) is 2.74. The molecule has 1 aromatic carbocycles. The summed E-state index contributed by atoms with van der Waals surface area (Å²) in [7, 11) is 0. The van der Waals surface area contributed by atoms with Crippen molar-refractivity contribution in [3.8, 4) is 17.0 Å². The number of nitrogens with zero attached hydrogens (tertiary/aromatic N) is 1. The molecule has 0 saturated carbocycles. The van der Waals surface area contributed by atoms with Crippen molar-refractivity contribution in [3.63, 3.8) is 0 Å². The van der Waals surface area contributed by atoms with E-state index in [1.807, 2.05) is 31.2 Å². The molecule has 0 fully saturated rings. The van der Waals surface area contributed by atoms with Gasteiger partial charge >= 0.3 is 0 Å². The van der Waals surface area contributed by atoms with E-state index in [0.29, 0.717) is 17.5 Å². The van der Waals surface area contributed by atoms with E-state index < -0.39 is 11.6 Å². The molecule has 0 amide bonds. The summed E-state index contributed by atoms with van der Waals surface area (Å²) in [6, 6.07) is 8.58. The van der Waals surface area contributed by atoms with Crippen LogP contribution in [-0.2, 0) is 6.42 Å². The predicted molar refractivity (Wildman–Crippen MR) is 66.1 cm³/mol. The van der Waals surface area contributed by atoms with Gasteiger partial charge in [-0.2, -0.15) is 0 Å². The summed E-state index contributed by atoms with van der Waals surface area (Å²) in [5, 5.41) is 9.28. The number of hydrogen-bond acceptors (Lipinski definition) is 3. The molecular weight excluding hydrogens is 233 g/mol. The van der Waals surface area contributed by atoms with Gasteiger partial charge in [-0.05, 0) is 12.0 Å². The van der Waals surface area contributed by atoms with Crippen LogP contribution in [0, 0.1) is 5.82 Å². The second kappa shape index (κ2) is 4.96. The maximum atomic E-state index is 13.4. The highest BCUT2D eigenvalue weighted by Crippen LogP contribution is 2.25. The fourth-order valence-corrected chi connectivity index (χ4v) is 1.67. The van der Waals surface area contributed by atoms with Gasteiger partial charge in [-0.3, -0.25) is 4.79 Å². The van der Waals surface area contributed by atoms with Crippen molar-refractivity contribution in [1.82, 2.24) is 4.98 Å². The van der Waals surface area contributed by atoms with Crippen LogP contribution in [0.2, 0.25) is 0 Å². The molecule has 3 nitrogen and oxygen atoms in total. The highest BCUT2D eigenvalue weighted by atomic mass is 19.1. The minimum absolute atomic E-state index is 0.287. The Morgan fingerprint density at radius 1 is 1.33 bits per heavy atom. The molecule has 0 saturated heterocycles. The Bertz CT molecular complexity index is 579. The fourth-order valence-electron chi connectivity index (χ4n) is 1.67. The van der Waals surface area contributed by atoms with Gasteiger partial charge in [0.1, 0.15) is 5.69 Å². The molecule has 0 aliphatic rings. The Hall–Kier alpha value is -2.23. The number of rotatable bonds is 3. The van der Waals surface area contributed by atoms with Gasteiger partial charge in [-0.15, -0.1) is 0 Å². The van der Waals surface area contributed by atoms with Gasteiger partial charge in [0, 0.05) is 11.6 Å². The Labute approximate surface area is 104 Å². The van der Waals surface area contributed by atoms with Crippen LogP contribution in [0.25, 0.3) is 11.3 Å². The summed E-state index contributed by atoms with van der Waals surface area (Å²) in [6.45, 7) is 2.04. The lowest BCUT2D eigenvalue weighted by atomic mass is 10.1. The average molecular weight is 245 g/mol. The Kier molecular flexibility index (Phi) is 3.37. The van der Waals surface area contributed by atoms with Crippen LogP contribution in [-0.4, -0.2) is 16.4 Å². The third kappa shape index (κ3) is 2.22. The molecule has 2 rings (SSSR count). The summed E-state index contributed by atoms with van der Waals surface area (Å²) in [4.78, 5) is 14.6. The number of carbonyl (C=O) groups excluding carboxylic acids is 1. The second-order valence-corrected chi connectivity index (χ2v) is 3.89. The first-order chi connectivity index (χ1) is 8.65. The smallest absolute Gasteiger partial charge is 0.181 e. The molecule has 0 radical (unpaired) electrons. The summed E-state index contributed by atoms with van der Waals surface area (Å²) in [5.41, 5.74) is 1.91. The van der Waals surface area contributed by atoms with Crippen molar-refractivity contribution in [2.75, 3.05) is 0 Å². The molecule has 0 unspecified atom stereocenters. The summed E-state index contributed by atoms with van der Waals surface area (Å²) in [5.74, 6) is -1.56. The molecule has 0 atom stereocenters. The lowest BCUT2D eigenvalue weighted by Gasteiger charge is -2.05. The van der Waals surface area contributed by atoms with Gasteiger partial charge in [-0.1, -0.05) is 31.2 Å². The van der Waals surface area contributed by atoms with Gasteiger partial charge in [0.25, 0.3) is 0 Å². The SMILES string of the molecule is CCc1ccc(-c2cc(F)c(O)c(C=O)n2)cc1. The monoisotopic (exact) mass is 245 g/mol. The van der Waals surface area contributed by atoms with Crippen LogP contribution in [0.3, 0.4) is 0 Å². The fraction of sp³-hybridized carbons (Fsp3) is 0.143. The van der Waals surface area contributed by atoms with Crippen LogP contribution in [0.5, 0.6) is 5.75 Å². The zero-order chi connectivity index (χ0) is 13.1. The molecule has 0 bridgehead atoms. The minimum atomic E-state index is -0.846. The van der Waals surface area contributed by atoms with Crippen molar-refractivity contribution in [2.45, 2.75) is 13.3 Å². The Balaban J connectivity index is 2.49. The molecule has 0 aliphatic heterocycles. The van der Waals surface area contributed by atoms with Crippen LogP contribution < -0.4 is 0 Å². The van der Waals surface area contributed by atoms with Crippen LogP contribution in [0.4, 0.5) is 4.39 Å². The molecule has 1 heterocycles. The Morgan fingerprint density at radius 3 is 2.56 bits per heavy atom. The molecule has 1 N–H and O–H groups in total. The first-order valence-electron chi connectivity index (χ1n) is 5.59. The van der Waals surface area contributed by atoms with E-state index in [1.165, 1.54) is 0 Å². The number of hydrogen-bond donors (Lipinski definition) is 1. The number of carbonyl (C=O) groups is 1. The van der Waals surface area contributed by atoms with E-state index in [1.54, 1.807) is 0 Å². The van der Waals surface area contributed by atoms with Crippen LogP contribution in [0.15, 0.2) is 30.3 Å². The number of pyridine rings is 1. The first kappa shape index (κ1) is 12.2. The van der Waals surface area contributed by atoms with Crippen molar-refractivity contribution >= 4 is 6.29 Å². The third-order valence-corrected chi connectivity index (χ3v) is 2.74. The molecule has 0 spiro atoms. The second-order valence-electron chi connectivity index (χ2n) is 3.89. The largest absolute Gasteiger partial charge is 0.503 e. The minimum Gasteiger partial charge on any atom is -0.503 e. The normalized spacial score (nSPS) is 10.3. The zero-order valence-electron chi connectivity index (χ0n) is 9.85. The number of aromatic hydroxyl groups is 1. The van der Waals surface area contributed by atoms with Crippen LogP contribution in [0.1, 0.15) is 23.0 Å².